The van der Waals surface area contributed by atoms with Gasteiger partial charge in [-0.15, -0.1) is 11.3 Å². The predicted octanol–water partition coefficient (Wildman–Crippen LogP) is 3.80. The molecule has 2 aromatic heterocycles. The second-order valence-electron chi connectivity index (χ2n) is 6.10. The molecule has 0 aliphatic heterocycles. The molecule has 5 heteroatoms. The van der Waals surface area contributed by atoms with E-state index in [-0.39, 0.29) is 5.91 Å². The zero-order valence-corrected chi connectivity index (χ0v) is 15.2. The van der Waals surface area contributed by atoms with Crippen molar-refractivity contribution in [3.05, 3.63) is 76.2 Å². The van der Waals surface area contributed by atoms with Crippen LogP contribution in [0.3, 0.4) is 0 Å². The zero-order chi connectivity index (χ0) is 17.6. The Morgan fingerprint density at radius 1 is 1.16 bits per heavy atom. The quantitative estimate of drug-likeness (QED) is 0.735. The molecule has 0 saturated heterocycles. The largest absolute Gasteiger partial charge is 0.346 e. The van der Waals surface area contributed by atoms with Crippen molar-refractivity contribution in [2.75, 3.05) is 14.1 Å². The SMILES string of the molecule is CN(C)Cc1cccc(-c2cccnc2C(=O)NCc2cccs2)c1. The Morgan fingerprint density at radius 3 is 2.80 bits per heavy atom. The highest BCUT2D eigenvalue weighted by Crippen LogP contribution is 2.24. The van der Waals surface area contributed by atoms with Crippen LogP contribution in [0.4, 0.5) is 0 Å². The van der Waals surface area contributed by atoms with E-state index in [9.17, 15) is 4.79 Å². The lowest BCUT2D eigenvalue weighted by Gasteiger charge is -2.12. The molecule has 3 rings (SSSR count). The summed E-state index contributed by atoms with van der Waals surface area (Å²) in [5, 5.41) is 4.96. The predicted molar refractivity (Wildman–Crippen MR) is 103 cm³/mol. The first kappa shape index (κ1) is 17.3. The van der Waals surface area contributed by atoms with Crippen LogP contribution < -0.4 is 5.32 Å². The highest BCUT2D eigenvalue weighted by atomic mass is 32.1. The number of pyridine rings is 1. The number of hydrogen-bond donors (Lipinski definition) is 1. The number of hydrogen-bond acceptors (Lipinski definition) is 4. The first-order chi connectivity index (χ1) is 12.1. The summed E-state index contributed by atoms with van der Waals surface area (Å²) < 4.78 is 0. The van der Waals surface area contributed by atoms with Crippen LogP contribution >= 0.6 is 11.3 Å². The van der Waals surface area contributed by atoms with Crippen LogP contribution in [0.15, 0.2) is 60.1 Å². The maximum absolute atomic E-state index is 12.6. The summed E-state index contributed by atoms with van der Waals surface area (Å²) in [6, 6.07) is 16.1. The van der Waals surface area contributed by atoms with Gasteiger partial charge in [0.15, 0.2) is 0 Å². The molecule has 0 bridgehead atoms. The Balaban J connectivity index is 1.84. The maximum Gasteiger partial charge on any atom is 0.270 e. The van der Waals surface area contributed by atoms with Crippen molar-refractivity contribution in [1.82, 2.24) is 15.2 Å². The minimum Gasteiger partial charge on any atom is -0.346 e. The van der Waals surface area contributed by atoms with Crippen molar-refractivity contribution in [2.45, 2.75) is 13.1 Å². The van der Waals surface area contributed by atoms with E-state index in [1.54, 1.807) is 17.5 Å². The van der Waals surface area contributed by atoms with Gasteiger partial charge in [-0.05, 0) is 48.8 Å². The molecule has 0 spiro atoms. The number of benzene rings is 1. The van der Waals surface area contributed by atoms with Gasteiger partial charge in [0.2, 0.25) is 0 Å². The molecule has 0 atom stereocenters. The summed E-state index contributed by atoms with van der Waals surface area (Å²) in [5.41, 5.74) is 3.53. The normalized spacial score (nSPS) is 10.8. The summed E-state index contributed by atoms with van der Waals surface area (Å²) in [4.78, 5) is 20.2. The lowest BCUT2D eigenvalue weighted by Crippen LogP contribution is -2.24. The molecule has 0 unspecified atom stereocenters. The number of carbonyl (C=O) groups is 1. The van der Waals surface area contributed by atoms with E-state index >= 15 is 0 Å². The first-order valence-electron chi connectivity index (χ1n) is 8.13. The van der Waals surface area contributed by atoms with E-state index in [0.29, 0.717) is 12.2 Å². The molecule has 1 amide bonds. The van der Waals surface area contributed by atoms with Gasteiger partial charge in [-0.1, -0.05) is 30.3 Å². The molecule has 0 radical (unpaired) electrons. The molecule has 0 fully saturated rings. The lowest BCUT2D eigenvalue weighted by atomic mass is 10.0. The molecule has 128 valence electrons. The van der Waals surface area contributed by atoms with E-state index in [0.717, 1.165) is 22.5 Å². The van der Waals surface area contributed by atoms with Gasteiger partial charge in [-0.2, -0.15) is 0 Å². The molecular weight excluding hydrogens is 330 g/mol. The van der Waals surface area contributed by atoms with Crippen LogP contribution in [-0.2, 0) is 13.1 Å². The smallest absolute Gasteiger partial charge is 0.270 e. The Hall–Kier alpha value is -2.50. The fourth-order valence-corrected chi connectivity index (χ4v) is 3.33. The number of aromatic nitrogens is 1. The van der Waals surface area contributed by atoms with E-state index in [4.69, 9.17) is 0 Å². The van der Waals surface area contributed by atoms with Crippen molar-refractivity contribution in [1.29, 1.82) is 0 Å². The number of thiophene rings is 1. The fraction of sp³-hybridized carbons (Fsp3) is 0.200. The molecular formula is C20H21N3OS. The highest BCUT2D eigenvalue weighted by molar-refractivity contribution is 7.09. The van der Waals surface area contributed by atoms with Crippen LogP contribution in [-0.4, -0.2) is 29.9 Å². The van der Waals surface area contributed by atoms with Gasteiger partial charge in [0, 0.05) is 23.2 Å². The molecule has 3 aromatic rings. The number of nitrogens with zero attached hydrogens (tertiary/aromatic N) is 2. The topological polar surface area (TPSA) is 45.2 Å². The van der Waals surface area contributed by atoms with Gasteiger partial charge in [-0.3, -0.25) is 9.78 Å². The molecule has 1 N–H and O–H groups in total. The van der Waals surface area contributed by atoms with Crippen molar-refractivity contribution in [3.8, 4) is 11.1 Å². The van der Waals surface area contributed by atoms with Gasteiger partial charge in [0.1, 0.15) is 5.69 Å². The van der Waals surface area contributed by atoms with E-state index in [1.165, 1.54) is 5.56 Å². The molecule has 0 aliphatic carbocycles. The molecule has 1 aromatic carbocycles. The second-order valence-corrected chi connectivity index (χ2v) is 7.13. The molecule has 0 saturated carbocycles. The summed E-state index contributed by atoms with van der Waals surface area (Å²) >= 11 is 1.63. The third kappa shape index (κ3) is 4.53. The van der Waals surface area contributed by atoms with Crippen molar-refractivity contribution in [3.63, 3.8) is 0 Å². The standard InChI is InChI=1S/C20H21N3OS/c1-23(2)14-15-6-3-7-16(12-15)18-9-4-10-21-19(18)20(24)22-13-17-8-5-11-25-17/h3-12H,13-14H2,1-2H3,(H,22,24). The first-order valence-corrected chi connectivity index (χ1v) is 9.01. The van der Waals surface area contributed by atoms with Gasteiger partial charge in [0.25, 0.3) is 5.91 Å². The lowest BCUT2D eigenvalue weighted by molar-refractivity contribution is 0.0947. The van der Waals surface area contributed by atoms with Crippen LogP contribution in [0.5, 0.6) is 0 Å². The highest BCUT2D eigenvalue weighted by Gasteiger charge is 2.14. The summed E-state index contributed by atoms with van der Waals surface area (Å²) in [5.74, 6) is -0.151. The monoisotopic (exact) mass is 351 g/mol. The van der Waals surface area contributed by atoms with Crippen LogP contribution in [0.25, 0.3) is 11.1 Å². The summed E-state index contributed by atoms with van der Waals surface area (Å²) in [6.45, 7) is 1.38. The Morgan fingerprint density at radius 2 is 2.04 bits per heavy atom. The second kappa shape index (κ2) is 8.05. The van der Waals surface area contributed by atoms with E-state index < -0.39 is 0 Å². The average molecular weight is 351 g/mol. The average Bonchev–Trinajstić information content (AvgIpc) is 3.13. The molecule has 0 aliphatic rings. The molecule has 25 heavy (non-hydrogen) atoms. The third-order valence-electron chi connectivity index (χ3n) is 3.76. The van der Waals surface area contributed by atoms with Crippen molar-refractivity contribution in [2.24, 2.45) is 0 Å². The van der Waals surface area contributed by atoms with E-state index in [1.807, 2.05) is 55.9 Å². The van der Waals surface area contributed by atoms with Gasteiger partial charge in [0.05, 0.1) is 6.54 Å². The maximum atomic E-state index is 12.6. The van der Waals surface area contributed by atoms with Crippen LogP contribution in [0, 0.1) is 0 Å². The van der Waals surface area contributed by atoms with Gasteiger partial charge >= 0.3 is 0 Å². The Kier molecular flexibility index (Phi) is 5.58. The van der Waals surface area contributed by atoms with Gasteiger partial charge in [-0.25, -0.2) is 0 Å². The minimum atomic E-state index is -0.151. The zero-order valence-electron chi connectivity index (χ0n) is 14.4. The van der Waals surface area contributed by atoms with Crippen molar-refractivity contribution < 1.29 is 4.79 Å². The third-order valence-corrected chi connectivity index (χ3v) is 4.64. The number of carbonyl (C=O) groups excluding carboxylic acids is 1. The number of amides is 1. The van der Waals surface area contributed by atoms with Crippen molar-refractivity contribution >= 4 is 17.2 Å². The van der Waals surface area contributed by atoms with Gasteiger partial charge < -0.3 is 10.2 Å². The number of nitrogens with one attached hydrogen (secondary N) is 1. The summed E-state index contributed by atoms with van der Waals surface area (Å²) in [6.07, 6.45) is 1.66. The van der Waals surface area contributed by atoms with Crippen LogP contribution in [0.1, 0.15) is 20.9 Å². The number of rotatable bonds is 6. The summed E-state index contributed by atoms with van der Waals surface area (Å²) in [7, 11) is 4.08. The van der Waals surface area contributed by atoms with Crippen LogP contribution in [0.2, 0.25) is 0 Å². The fourth-order valence-electron chi connectivity index (χ4n) is 2.69. The molecule has 4 nitrogen and oxygen atoms in total. The minimum absolute atomic E-state index is 0.151. The molecule has 2 heterocycles. The Bertz CT molecular complexity index is 844. The Labute approximate surface area is 152 Å². The van der Waals surface area contributed by atoms with E-state index in [2.05, 4.69) is 27.3 Å².